The number of carbonyl (C=O) groups excluding carboxylic acids is 1. The molecule has 2 amide bonds. The number of amides is 2. The van der Waals surface area contributed by atoms with Crippen molar-refractivity contribution in [3.05, 3.63) is 43.0 Å². The molecule has 1 aliphatic heterocycles. The molecule has 2 N–H and O–H groups in total. The number of urea groups is 1. The smallest absolute Gasteiger partial charge is 0.317 e. The number of nitrogens with zero attached hydrogens (tertiary/aromatic N) is 2. The summed E-state index contributed by atoms with van der Waals surface area (Å²) in [5.41, 5.74) is 1.24. The van der Waals surface area contributed by atoms with Gasteiger partial charge in [-0.25, -0.2) is 4.79 Å². The maximum Gasteiger partial charge on any atom is 0.317 e. The van der Waals surface area contributed by atoms with Crippen molar-refractivity contribution in [2.75, 3.05) is 37.7 Å². The lowest BCUT2D eigenvalue weighted by atomic mass is 10.0. The highest BCUT2D eigenvalue weighted by Gasteiger charge is 2.22. The second kappa shape index (κ2) is 8.44. The fourth-order valence-electron chi connectivity index (χ4n) is 2.74. The minimum atomic E-state index is -0.118. The van der Waals surface area contributed by atoms with Gasteiger partial charge in [0.15, 0.2) is 0 Å². The quantitative estimate of drug-likeness (QED) is 0.789. The van der Waals surface area contributed by atoms with E-state index in [0.29, 0.717) is 13.1 Å². The Kier molecular flexibility index (Phi) is 6.27. The molecule has 1 saturated heterocycles. The van der Waals surface area contributed by atoms with Crippen molar-refractivity contribution in [1.82, 2.24) is 10.2 Å². The van der Waals surface area contributed by atoms with Crippen LogP contribution in [-0.2, 0) is 0 Å². The van der Waals surface area contributed by atoms with E-state index >= 15 is 0 Å². The first-order chi connectivity index (χ1) is 10.7. The number of aliphatic hydroxyl groups excluding tert-OH is 1. The molecular weight excluding hydrogens is 278 g/mol. The van der Waals surface area contributed by atoms with E-state index in [9.17, 15) is 4.79 Å². The summed E-state index contributed by atoms with van der Waals surface area (Å²) in [6, 6.07) is 10.4. The van der Waals surface area contributed by atoms with Gasteiger partial charge in [-0.3, -0.25) is 0 Å². The van der Waals surface area contributed by atoms with Crippen molar-refractivity contribution in [3.8, 4) is 0 Å². The summed E-state index contributed by atoms with van der Waals surface area (Å²) < 4.78 is 0. The maximum absolute atomic E-state index is 12.2. The molecule has 5 nitrogen and oxygen atoms in total. The first-order valence-corrected chi connectivity index (χ1v) is 7.81. The van der Waals surface area contributed by atoms with Crippen LogP contribution in [0.25, 0.3) is 0 Å². The average Bonchev–Trinajstić information content (AvgIpc) is 2.56. The Morgan fingerprint density at radius 3 is 2.64 bits per heavy atom. The number of piperidine rings is 1. The highest BCUT2D eigenvalue weighted by atomic mass is 16.3. The van der Waals surface area contributed by atoms with Crippen molar-refractivity contribution in [3.63, 3.8) is 0 Å². The number of carbonyl (C=O) groups is 1. The third kappa shape index (κ3) is 4.49. The molecule has 5 heteroatoms. The molecule has 120 valence electrons. The van der Waals surface area contributed by atoms with Gasteiger partial charge in [-0.2, -0.15) is 0 Å². The van der Waals surface area contributed by atoms with Crippen LogP contribution in [0.3, 0.4) is 0 Å². The molecule has 0 spiro atoms. The SMILES string of the molecule is C=CCN(CCO)C(=O)NC1CCN(c2ccccc2)CC1. The molecule has 1 fully saturated rings. The zero-order chi connectivity index (χ0) is 15.8. The number of aliphatic hydroxyl groups is 1. The minimum Gasteiger partial charge on any atom is -0.395 e. The molecule has 0 unspecified atom stereocenters. The largest absolute Gasteiger partial charge is 0.395 e. The van der Waals surface area contributed by atoms with Crippen LogP contribution in [0.4, 0.5) is 10.5 Å². The van der Waals surface area contributed by atoms with Crippen LogP contribution in [0.5, 0.6) is 0 Å². The highest BCUT2D eigenvalue weighted by molar-refractivity contribution is 5.74. The molecule has 22 heavy (non-hydrogen) atoms. The Morgan fingerprint density at radius 2 is 2.05 bits per heavy atom. The molecule has 1 aromatic carbocycles. The van der Waals surface area contributed by atoms with E-state index in [0.717, 1.165) is 25.9 Å². The lowest BCUT2D eigenvalue weighted by Gasteiger charge is -2.35. The third-order valence-electron chi connectivity index (χ3n) is 3.95. The number of benzene rings is 1. The van der Waals surface area contributed by atoms with E-state index in [2.05, 4.69) is 28.9 Å². The van der Waals surface area contributed by atoms with Crippen LogP contribution >= 0.6 is 0 Å². The molecule has 1 aromatic rings. The van der Waals surface area contributed by atoms with Crippen LogP contribution in [0.15, 0.2) is 43.0 Å². The Morgan fingerprint density at radius 1 is 1.36 bits per heavy atom. The van der Waals surface area contributed by atoms with E-state index in [1.165, 1.54) is 5.69 Å². The molecule has 0 saturated carbocycles. The van der Waals surface area contributed by atoms with Crippen molar-refractivity contribution >= 4 is 11.7 Å². The van der Waals surface area contributed by atoms with Crippen LogP contribution in [-0.4, -0.2) is 54.9 Å². The molecule has 0 aromatic heterocycles. The minimum absolute atomic E-state index is 0.0340. The second-order valence-electron chi connectivity index (χ2n) is 5.50. The van der Waals surface area contributed by atoms with Crippen molar-refractivity contribution in [2.45, 2.75) is 18.9 Å². The molecule has 0 radical (unpaired) electrons. The topological polar surface area (TPSA) is 55.8 Å². The lowest BCUT2D eigenvalue weighted by molar-refractivity contribution is 0.178. The van der Waals surface area contributed by atoms with Crippen molar-refractivity contribution < 1.29 is 9.90 Å². The van der Waals surface area contributed by atoms with Gasteiger partial charge < -0.3 is 20.2 Å². The van der Waals surface area contributed by atoms with E-state index in [1.807, 2.05) is 18.2 Å². The van der Waals surface area contributed by atoms with Gasteiger partial charge in [-0.05, 0) is 25.0 Å². The lowest BCUT2D eigenvalue weighted by Crippen LogP contribution is -2.50. The Bertz CT molecular complexity index is 470. The Balaban J connectivity index is 1.81. The summed E-state index contributed by atoms with van der Waals surface area (Å²) in [5, 5.41) is 12.1. The normalized spacial score (nSPS) is 15.4. The van der Waals surface area contributed by atoms with Gasteiger partial charge in [-0.15, -0.1) is 6.58 Å². The second-order valence-corrected chi connectivity index (χ2v) is 5.50. The van der Waals surface area contributed by atoms with Gasteiger partial charge in [0.1, 0.15) is 0 Å². The van der Waals surface area contributed by atoms with E-state index in [1.54, 1.807) is 11.0 Å². The van der Waals surface area contributed by atoms with E-state index in [-0.39, 0.29) is 18.7 Å². The summed E-state index contributed by atoms with van der Waals surface area (Å²) in [7, 11) is 0. The first-order valence-electron chi connectivity index (χ1n) is 7.81. The van der Waals surface area contributed by atoms with Crippen molar-refractivity contribution in [2.24, 2.45) is 0 Å². The third-order valence-corrected chi connectivity index (χ3v) is 3.95. The average molecular weight is 303 g/mol. The Labute approximate surface area is 132 Å². The number of hydrogen-bond donors (Lipinski definition) is 2. The van der Waals surface area contributed by atoms with E-state index < -0.39 is 0 Å². The number of nitrogens with one attached hydrogen (secondary N) is 1. The monoisotopic (exact) mass is 303 g/mol. The maximum atomic E-state index is 12.2. The summed E-state index contributed by atoms with van der Waals surface area (Å²) in [4.78, 5) is 16.1. The summed E-state index contributed by atoms with van der Waals surface area (Å²) in [5.74, 6) is 0. The van der Waals surface area contributed by atoms with Gasteiger partial charge >= 0.3 is 6.03 Å². The van der Waals surface area contributed by atoms with Gasteiger partial charge in [0.05, 0.1) is 6.61 Å². The zero-order valence-electron chi connectivity index (χ0n) is 12.9. The van der Waals surface area contributed by atoms with Gasteiger partial charge in [0.25, 0.3) is 0 Å². The van der Waals surface area contributed by atoms with Crippen LogP contribution in [0, 0.1) is 0 Å². The Hall–Kier alpha value is -2.01. The van der Waals surface area contributed by atoms with Crippen LogP contribution < -0.4 is 10.2 Å². The fraction of sp³-hybridized carbons (Fsp3) is 0.471. The van der Waals surface area contributed by atoms with E-state index in [4.69, 9.17) is 5.11 Å². The molecule has 1 heterocycles. The first kappa shape index (κ1) is 16.4. The summed E-state index contributed by atoms with van der Waals surface area (Å²) in [6.45, 7) is 6.28. The van der Waals surface area contributed by atoms with Crippen LogP contribution in [0.1, 0.15) is 12.8 Å². The standard InChI is InChI=1S/C17H25N3O2/c1-2-10-20(13-14-21)17(22)18-15-8-11-19(12-9-15)16-6-4-3-5-7-16/h2-7,15,21H,1,8-14H2,(H,18,22). The highest BCUT2D eigenvalue weighted by Crippen LogP contribution is 2.19. The molecule has 0 atom stereocenters. The van der Waals surface area contributed by atoms with Crippen LogP contribution in [0.2, 0.25) is 0 Å². The number of anilines is 1. The zero-order valence-corrected chi connectivity index (χ0v) is 12.9. The fourth-order valence-corrected chi connectivity index (χ4v) is 2.74. The molecule has 1 aliphatic rings. The number of hydrogen-bond acceptors (Lipinski definition) is 3. The number of para-hydroxylation sites is 1. The molecular formula is C17H25N3O2. The summed E-state index contributed by atoms with van der Waals surface area (Å²) >= 11 is 0. The molecule has 2 rings (SSSR count). The summed E-state index contributed by atoms with van der Waals surface area (Å²) in [6.07, 6.45) is 3.54. The van der Waals surface area contributed by atoms with Gasteiger partial charge in [0.2, 0.25) is 0 Å². The predicted octanol–water partition coefficient (Wildman–Crippen LogP) is 1.85. The molecule has 0 aliphatic carbocycles. The number of rotatable bonds is 6. The van der Waals surface area contributed by atoms with Gasteiger partial charge in [0, 0.05) is 37.9 Å². The molecule has 0 bridgehead atoms. The predicted molar refractivity (Wildman–Crippen MR) is 89.1 cm³/mol. The van der Waals surface area contributed by atoms with Crippen molar-refractivity contribution in [1.29, 1.82) is 0 Å². The van der Waals surface area contributed by atoms with Gasteiger partial charge in [-0.1, -0.05) is 24.3 Å².